The van der Waals surface area contributed by atoms with Gasteiger partial charge in [0.15, 0.2) is 10.3 Å². The van der Waals surface area contributed by atoms with Crippen molar-refractivity contribution in [2.24, 2.45) is 0 Å². The Bertz CT molecular complexity index is 1100. The number of aromatic nitrogens is 3. The van der Waals surface area contributed by atoms with Gasteiger partial charge in [-0.15, -0.1) is 22.7 Å². The number of carbonyl (C=O) groups excluding carboxylic acids is 1. The molecule has 0 bridgehead atoms. The number of aryl methyl sites for hydroxylation is 2. The van der Waals surface area contributed by atoms with Gasteiger partial charge in [0.25, 0.3) is 5.56 Å². The highest BCUT2D eigenvalue weighted by atomic mass is 32.2. The molecule has 4 rings (SSSR count). The van der Waals surface area contributed by atoms with Crippen molar-refractivity contribution in [3.05, 3.63) is 31.9 Å². The van der Waals surface area contributed by atoms with Crippen LogP contribution in [0.2, 0.25) is 0 Å². The summed E-state index contributed by atoms with van der Waals surface area (Å²) in [5, 5.41) is 6.88. The molecule has 3 aromatic heterocycles. The van der Waals surface area contributed by atoms with Crippen LogP contribution >= 0.6 is 34.4 Å². The summed E-state index contributed by atoms with van der Waals surface area (Å²) < 4.78 is 1.87. The van der Waals surface area contributed by atoms with E-state index in [1.807, 2.05) is 9.95 Å². The van der Waals surface area contributed by atoms with E-state index in [1.165, 1.54) is 28.7 Å². The summed E-state index contributed by atoms with van der Waals surface area (Å²) in [5.74, 6) is 0.494. The number of rotatable bonds is 8. The Balaban J connectivity index is 1.63. The first-order valence-electron chi connectivity index (χ1n) is 9.96. The molecule has 0 aliphatic heterocycles. The number of hydrogen-bond acceptors (Lipinski definition) is 7. The molecule has 1 aliphatic rings. The van der Waals surface area contributed by atoms with Crippen molar-refractivity contribution >= 4 is 55.7 Å². The summed E-state index contributed by atoms with van der Waals surface area (Å²) in [6.07, 6.45) is 6.40. The molecular formula is C20H24N4O2S3. The minimum atomic E-state index is -0.124. The predicted octanol–water partition coefficient (Wildman–Crippen LogP) is 4.84. The van der Waals surface area contributed by atoms with Gasteiger partial charge in [0, 0.05) is 29.5 Å². The smallest absolute Gasteiger partial charge is 0.263 e. The van der Waals surface area contributed by atoms with E-state index in [4.69, 9.17) is 4.98 Å². The first kappa shape index (κ1) is 20.6. The van der Waals surface area contributed by atoms with Crippen LogP contribution < -0.4 is 10.9 Å². The third-order valence-electron chi connectivity index (χ3n) is 4.96. The maximum Gasteiger partial charge on any atom is 0.263 e. The molecule has 3 heterocycles. The topological polar surface area (TPSA) is 76.9 Å². The van der Waals surface area contributed by atoms with E-state index >= 15 is 0 Å². The predicted molar refractivity (Wildman–Crippen MR) is 121 cm³/mol. The fourth-order valence-electron chi connectivity index (χ4n) is 3.61. The molecule has 6 nitrogen and oxygen atoms in total. The number of thiophene rings is 1. The maximum absolute atomic E-state index is 13.4. The lowest BCUT2D eigenvalue weighted by Crippen LogP contribution is -2.23. The number of nitrogens with one attached hydrogen (secondary N) is 1. The number of fused-ring (bicyclic) bond motifs is 3. The van der Waals surface area contributed by atoms with E-state index in [0.717, 1.165) is 59.6 Å². The quantitative estimate of drug-likeness (QED) is 0.303. The van der Waals surface area contributed by atoms with E-state index in [9.17, 15) is 9.59 Å². The Morgan fingerprint density at radius 2 is 2.17 bits per heavy atom. The molecule has 3 aromatic rings. The zero-order chi connectivity index (χ0) is 20.4. The van der Waals surface area contributed by atoms with Gasteiger partial charge < -0.3 is 5.32 Å². The number of carbonyl (C=O) groups is 1. The molecule has 0 spiro atoms. The Kier molecular flexibility index (Phi) is 6.36. The monoisotopic (exact) mass is 448 g/mol. The molecule has 0 unspecified atom stereocenters. The summed E-state index contributed by atoms with van der Waals surface area (Å²) in [7, 11) is 0. The normalized spacial score (nSPS) is 13.2. The number of hydrogen-bond donors (Lipinski definition) is 1. The van der Waals surface area contributed by atoms with Crippen molar-refractivity contribution in [3.63, 3.8) is 0 Å². The summed E-state index contributed by atoms with van der Waals surface area (Å²) in [5.41, 5.74) is 2.24. The average Bonchev–Trinajstić information content (AvgIpc) is 3.37. The van der Waals surface area contributed by atoms with E-state index in [2.05, 4.69) is 17.2 Å². The molecule has 29 heavy (non-hydrogen) atoms. The molecule has 1 aliphatic carbocycles. The van der Waals surface area contributed by atoms with Crippen LogP contribution in [0.5, 0.6) is 0 Å². The molecule has 0 saturated heterocycles. The van der Waals surface area contributed by atoms with Crippen molar-refractivity contribution in [2.75, 3.05) is 5.32 Å². The fourth-order valence-corrected chi connectivity index (χ4v) is 6.69. The van der Waals surface area contributed by atoms with Crippen molar-refractivity contribution in [1.29, 1.82) is 0 Å². The number of thiazole rings is 1. The van der Waals surface area contributed by atoms with Crippen molar-refractivity contribution < 1.29 is 4.79 Å². The summed E-state index contributed by atoms with van der Waals surface area (Å²) in [6, 6.07) is 0. The second-order valence-electron chi connectivity index (χ2n) is 7.21. The van der Waals surface area contributed by atoms with E-state index in [-0.39, 0.29) is 11.5 Å². The molecule has 0 radical (unpaired) electrons. The molecular weight excluding hydrogens is 424 g/mol. The van der Waals surface area contributed by atoms with E-state index in [0.29, 0.717) is 17.4 Å². The molecule has 1 amide bonds. The van der Waals surface area contributed by atoms with Gasteiger partial charge in [-0.3, -0.25) is 14.2 Å². The molecule has 0 aromatic carbocycles. The second kappa shape index (κ2) is 8.97. The Morgan fingerprint density at radius 3 is 2.97 bits per heavy atom. The number of unbranched alkanes of at least 4 members (excludes halogenated alkanes) is 2. The summed E-state index contributed by atoms with van der Waals surface area (Å²) in [4.78, 5) is 36.1. The number of anilines is 1. The second-order valence-corrected chi connectivity index (χ2v) is 10.1. The number of thioether (sulfide) groups is 1. The van der Waals surface area contributed by atoms with Crippen LogP contribution in [0.1, 0.15) is 55.7 Å². The van der Waals surface area contributed by atoms with Gasteiger partial charge in [0.1, 0.15) is 4.83 Å². The van der Waals surface area contributed by atoms with Gasteiger partial charge in [0.05, 0.1) is 11.1 Å². The highest BCUT2D eigenvalue weighted by Crippen LogP contribution is 2.36. The highest BCUT2D eigenvalue weighted by Gasteiger charge is 2.23. The lowest BCUT2D eigenvalue weighted by Gasteiger charge is -2.12. The zero-order valence-electron chi connectivity index (χ0n) is 16.6. The Labute approximate surface area is 181 Å². The summed E-state index contributed by atoms with van der Waals surface area (Å²) in [6.45, 7) is 4.35. The molecule has 1 N–H and O–H groups in total. The first-order valence-corrected chi connectivity index (χ1v) is 12.6. The minimum Gasteiger partial charge on any atom is -0.302 e. The van der Waals surface area contributed by atoms with E-state index in [1.54, 1.807) is 23.1 Å². The largest absolute Gasteiger partial charge is 0.302 e. The maximum atomic E-state index is 13.4. The Morgan fingerprint density at radius 1 is 1.31 bits per heavy atom. The third-order valence-corrected chi connectivity index (χ3v) is 7.96. The van der Waals surface area contributed by atoms with Gasteiger partial charge in [-0.25, -0.2) is 9.97 Å². The van der Waals surface area contributed by atoms with Crippen LogP contribution in [-0.4, -0.2) is 20.4 Å². The molecule has 9 heteroatoms. The molecule has 0 atom stereocenters. The van der Waals surface area contributed by atoms with Gasteiger partial charge >= 0.3 is 0 Å². The zero-order valence-corrected chi connectivity index (χ0v) is 19.1. The minimum absolute atomic E-state index is 0.116. The van der Waals surface area contributed by atoms with Crippen LogP contribution in [0.4, 0.5) is 5.13 Å². The molecule has 154 valence electrons. The van der Waals surface area contributed by atoms with Gasteiger partial charge in [-0.1, -0.05) is 31.5 Å². The first-order chi connectivity index (χ1) is 14.1. The van der Waals surface area contributed by atoms with Crippen LogP contribution in [0, 0.1) is 0 Å². The van der Waals surface area contributed by atoms with E-state index < -0.39 is 0 Å². The van der Waals surface area contributed by atoms with Gasteiger partial charge in [-0.2, -0.15) is 0 Å². The highest BCUT2D eigenvalue weighted by molar-refractivity contribution is 7.98. The van der Waals surface area contributed by atoms with Crippen LogP contribution in [0.15, 0.2) is 15.3 Å². The fraction of sp³-hybridized carbons (Fsp3) is 0.500. The average molecular weight is 449 g/mol. The van der Waals surface area contributed by atoms with Crippen molar-refractivity contribution in [2.45, 2.75) is 69.8 Å². The van der Waals surface area contributed by atoms with Gasteiger partial charge in [0.2, 0.25) is 5.91 Å². The lowest BCUT2D eigenvalue weighted by atomic mass is 10.2. The van der Waals surface area contributed by atoms with Gasteiger partial charge in [-0.05, 0) is 31.2 Å². The molecule has 0 fully saturated rings. The number of amides is 1. The summed E-state index contributed by atoms with van der Waals surface area (Å²) >= 11 is 4.65. The third kappa shape index (κ3) is 4.41. The van der Waals surface area contributed by atoms with Crippen LogP contribution in [-0.2, 0) is 29.9 Å². The number of nitrogens with zero attached hydrogens (tertiary/aromatic N) is 3. The van der Waals surface area contributed by atoms with Crippen molar-refractivity contribution in [1.82, 2.24) is 14.5 Å². The van der Waals surface area contributed by atoms with Crippen molar-refractivity contribution in [3.8, 4) is 0 Å². The SMILES string of the molecule is CCCCCn1c(SCc2csc(NC(C)=O)n2)nc2sc3c(c2c1=O)CCC3. The lowest BCUT2D eigenvalue weighted by molar-refractivity contribution is -0.114. The van der Waals surface area contributed by atoms with Crippen LogP contribution in [0.3, 0.4) is 0 Å². The Hall–Kier alpha value is -1.71. The molecule has 0 saturated carbocycles. The standard InChI is InChI=1S/C20H24N4O2S3/c1-3-4-5-9-24-18(26)16-14-7-6-8-15(14)29-17(16)23-20(24)28-11-13-10-27-19(22-13)21-12(2)25/h10H,3-9,11H2,1-2H3,(H,21,22,25). The van der Waals surface area contributed by atoms with Crippen LogP contribution in [0.25, 0.3) is 10.2 Å².